The molecule has 0 atom stereocenters. The minimum absolute atomic E-state index is 0.430. The summed E-state index contributed by atoms with van der Waals surface area (Å²) in [4.78, 5) is 6.24. The van der Waals surface area contributed by atoms with Crippen molar-refractivity contribution in [2.24, 2.45) is 0 Å². The molecule has 1 aliphatic carbocycles. The zero-order valence-electron chi connectivity index (χ0n) is 9.89. The summed E-state index contributed by atoms with van der Waals surface area (Å²) in [5.41, 5.74) is 1.74. The van der Waals surface area contributed by atoms with Crippen LogP contribution < -0.4 is 5.32 Å². The van der Waals surface area contributed by atoms with Gasteiger partial charge in [-0.2, -0.15) is 0 Å². The lowest BCUT2D eigenvalue weighted by molar-refractivity contribution is 0.725. The molecular weight excluding hydrogens is 204 g/mol. The van der Waals surface area contributed by atoms with Gasteiger partial charge in [-0.1, -0.05) is 20.8 Å². The summed E-state index contributed by atoms with van der Waals surface area (Å²) >= 11 is 1.92. The number of thiazole rings is 1. The highest BCUT2D eigenvalue weighted by Crippen LogP contribution is 2.49. The summed E-state index contributed by atoms with van der Waals surface area (Å²) in [7, 11) is 0. The molecule has 0 spiro atoms. The molecule has 2 rings (SSSR count). The van der Waals surface area contributed by atoms with E-state index in [1.165, 1.54) is 28.4 Å². The molecule has 1 N–H and O–H groups in total. The third-order valence-electron chi connectivity index (χ3n) is 3.17. The molecule has 3 heteroatoms. The second kappa shape index (κ2) is 4.22. The van der Waals surface area contributed by atoms with Crippen molar-refractivity contribution in [3.63, 3.8) is 0 Å². The Morgan fingerprint density at radius 3 is 2.67 bits per heavy atom. The van der Waals surface area contributed by atoms with Crippen molar-refractivity contribution in [1.82, 2.24) is 10.3 Å². The van der Waals surface area contributed by atoms with Crippen molar-refractivity contribution < 1.29 is 0 Å². The van der Waals surface area contributed by atoms with Crippen molar-refractivity contribution in [3.05, 3.63) is 15.6 Å². The molecule has 0 amide bonds. The van der Waals surface area contributed by atoms with Crippen LogP contribution in [0.4, 0.5) is 0 Å². The fourth-order valence-electron chi connectivity index (χ4n) is 1.70. The normalized spacial score (nSPS) is 18.1. The number of nitrogens with one attached hydrogen (secondary N) is 1. The van der Waals surface area contributed by atoms with Crippen LogP contribution >= 0.6 is 11.3 Å². The van der Waals surface area contributed by atoms with E-state index in [0.29, 0.717) is 5.41 Å². The van der Waals surface area contributed by atoms with Crippen molar-refractivity contribution in [1.29, 1.82) is 0 Å². The highest BCUT2D eigenvalue weighted by Gasteiger charge is 2.42. The highest BCUT2D eigenvalue weighted by molar-refractivity contribution is 7.12. The second-order valence-electron chi connectivity index (χ2n) is 4.58. The Kier molecular flexibility index (Phi) is 3.12. The van der Waals surface area contributed by atoms with Crippen LogP contribution in [0, 0.1) is 0 Å². The van der Waals surface area contributed by atoms with Crippen LogP contribution in [0.25, 0.3) is 0 Å². The topological polar surface area (TPSA) is 24.9 Å². The Morgan fingerprint density at radius 1 is 1.40 bits per heavy atom. The Bertz CT molecular complexity index is 339. The van der Waals surface area contributed by atoms with E-state index < -0.39 is 0 Å². The first-order valence-electron chi connectivity index (χ1n) is 5.89. The first-order valence-corrected chi connectivity index (χ1v) is 6.71. The van der Waals surface area contributed by atoms with Gasteiger partial charge in [0.25, 0.3) is 0 Å². The van der Waals surface area contributed by atoms with Gasteiger partial charge in [0.1, 0.15) is 0 Å². The van der Waals surface area contributed by atoms with E-state index in [-0.39, 0.29) is 0 Å². The molecule has 15 heavy (non-hydrogen) atoms. The number of aromatic nitrogens is 1. The molecule has 0 aliphatic heterocycles. The molecule has 1 saturated carbocycles. The molecule has 1 aromatic rings. The Hall–Kier alpha value is -0.410. The van der Waals surface area contributed by atoms with Gasteiger partial charge in [-0.15, -0.1) is 11.3 Å². The van der Waals surface area contributed by atoms with Crippen molar-refractivity contribution in [3.8, 4) is 0 Å². The average molecular weight is 224 g/mol. The molecule has 0 unspecified atom stereocenters. The standard InChI is InChI=1S/C12H20N2S/c1-4-9-10(8-13-5-2)15-11(14-9)12(3)6-7-12/h13H,4-8H2,1-3H3. The van der Waals surface area contributed by atoms with Crippen molar-refractivity contribution >= 4 is 11.3 Å². The minimum Gasteiger partial charge on any atom is -0.312 e. The van der Waals surface area contributed by atoms with Gasteiger partial charge in [-0.3, -0.25) is 0 Å². The molecule has 1 heterocycles. The van der Waals surface area contributed by atoms with Gasteiger partial charge >= 0.3 is 0 Å². The summed E-state index contributed by atoms with van der Waals surface area (Å²) in [5, 5.41) is 4.76. The molecular formula is C12H20N2S. The number of aryl methyl sites for hydroxylation is 1. The Labute approximate surface area is 96.1 Å². The van der Waals surface area contributed by atoms with E-state index in [1.54, 1.807) is 0 Å². The van der Waals surface area contributed by atoms with E-state index in [4.69, 9.17) is 4.98 Å². The first kappa shape index (κ1) is 11.1. The SMILES string of the molecule is CCNCc1sc(C2(C)CC2)nc1CC. The van der Waals surface area contributed by atoms with Gasteiger partial charge < -0.3 is 5.32 Å². The zero-order valence-corrected chi connectivity index (χ0v) is 10.7. The molecule has 0 saturated heterocycles. The molecule has 0 aromatic carbocycles. The predicted octanol–water partition coefficient (Wildman–Crippen LogP) is 2.87. The average Bonchev–Trinajstić information content (AvgIpc) is 2.84. The summed E-state index contributed by atoms with van der Waals surface area (Å²) in [6, 6.07) is 0. The zero-order chi connectivity index (χ0) is 10.9. The number of nitrogens with zero attached hydrogens (tertiary/aromatic N) is 1. The van der Waals surface area contributed by atoms with E-state index in [9.17, 15) is 0 Å². The third kappa shape index (κ3) is 2.23. The lowest BCUT2D eigenvalue weighted by Gasteiger charge is -2.00. The predicted molar refractivity (Wildman–Crippen MR) is 65.5 cm³/mol. The van der Waals surface area contributed by atoms with Gasteiger partial charge in [0, 0.05) is 16.8 Å². The van der Waals surface area contributed by atoms with Gasteiger partial charge in [-0.05, 0) is 25.8 Å². The van der Waals surface area contributed by atoms with Crippen molar-refractivity contribution in [2.75, 3.05) is 6.54 Å². The molecule has 84 valence electrons. The first-order chi connectivity index (χ1) is 7.19. The fourth-order valence-corrected chi connectivity index (χ4v) is 3.02. The number of hydrogen-bond donors (Lipinski definition) is 1. The quantitative estimate of drug-likeness (QED) is 0.832. The monoisotopic (exact) mass is 224 g/mol. The Morgan fingerprint density at radius 2 is 2.13 bits per heavy atom. The van der Waals surface area contributed by atoms with Gasteiger partial charge in [0.2, 0.25) is 0 Å². The fraction of sp³-hybridized carbons (Fsp3) is 0.750. The lowest BCUT2D eigenvalue weighted by Crippen LogP contribution is -2.11. The minimum atomic E-state index is 0.430. The molecule has 1 aromatic heterocycles. The third-order valence-corrected chi connectivity index (χ3v) is 4.57. The maximum Gasteiger partial charge on any atom is 0.0990 e. The van der Waals surface area contributed by atoms with Crippen LogP contribution in [-0.4, -0.2) is 11.5 Å². The van der Waals surface area contributed by atoms with Crippen LogP contribution in [0.2, 0.25) is 0 Å². The largest absolute Gasteiger partial charge is 0.312 e. The van der Waals surface area contributed by atoms with Crippen LogP contribution in [0.15, 0.2) is 0 Å². The summed E-state index contributed by atoms with van der Waals surface area (Å²) in [6.07, 6.45) is 3.71. The van der Waals surface area contributed by atoms with Crippen molar-refractivity contribution in [2.45, 2.75) is 52.0 Å². The number of hydrogen-bond acceptors (Lipinski definition) is 3. The van der Waals surface area contributed by atoms with Gasteiger partial charge in [-0.25, -0.2) is 4.98 Å². The molecule has 0 bridgehead atoms. The second-order valence-corrected chi connectivity index (χ2v) is 5.67. The van der Waals surface area contributed by atoms with E-state index >= 15 is 0 Å². The molecule has 1 fully saturated rings. The summed E-state index contributed by atoms with van der Waals surface area (Å²) in [5.74, 6) is 0. The summed E-state index contributed by atoms with van der Waals surface area (Å²) < 4.78 is 0. The van der Waals surface area contributed by atoms with Gasteiger partial charge in [0.15, 0.2) is 0 Å². The van der Waals surface area contributed by atoms with E-state index in [1.807, 2.05) is 11.3 Å². The maximum atomic E-state index is 4.79. The van der Waals surface area contributed by atoms with Crippen LogP contribution in [0.3, 0.4) is 0 Å². The molecule has 0 radical (unpaired) electrons. The van der Waals surface area contributed by atoms with E-state index in [0.717, 1.165) is 19.5 Å². The Balaban J connectivity index is 2.17. The van der Waals surface area contributed by atoms with Gasteiger partial charge in [0.05, 0.1) is 10.7 Å². The summed E-state index contributed by atoms with van der Waals surface area (Å²) in [6.45, 7) is 8.71. The van der Waals surface area contributed by atoms with Crippen LogP contribution in [0.1, 0.15) is 49.2 Å². The maximum absolute atomic E-state index is 4.79. The molecule has 2 nitrogen and oxygen atoms in total. The van der Waals surface area contributed by atoms with E-state index in [2.05, 4.69) is 26.1 Å². The van der Waals surface area contributed by atoms with Crippen LogP contribution in [-0.2, 0) is 18.4 Å². The highest BCUT2D eigenvalue weighted by atomic mass is 32.1. The smallest absolute Gasteiger partial charge is 0.0990 e. The lowest BCUT2D eigenvalue weighted by atomic mass is 10.1. The number of rotatable bonds is 5. The molecule has 1 aliphatic rings. The van der Waals surface area contributed by atoms with Crippen LogP contribution in [0.5, 0.6) is 0 Å².